The molecule has 1 aromatic carbocycles. The van der Waals surface area contributed by atoms with Crippen LogP contribution < -0.4 is 10.6 Å². The molecular formula is C16H17FN4O2. The van der Waals surface area contributed by atoms with Gasteiger partial charge in [-0.25, -0.2) is 4.39 Å². The van der Waals surface area contributed by atoms with Crippen LogP contribution in [0, 0.1) is 5.82 Å². The zero-order valence-corrected chi connectivity index (χ0v) is 12.7. The number of carbonyl (C=O) groups is 2. The Bertz CT molecular complexity index is 735. The summed E-state index contributed by atoms with van der Waals surface area (Å²) < 4.78 is 14.5. The van der Waals surface area contributed by atoms with Gasteiger partial charge in [-0.05, 0) is 48.7 Å². The molecule has 1 heterocycles. The number of aryl methyl sites for hydroxylation is 1. The van der Waals surface area contributed by atoms with Gasteiger partial charge in [0, 0.05) is 13.1 Å². The molecule has 3 rings (SSSR count). The Hall–Kier alpha value is -2.70. The molecular weight excluding hydrogens is 299 g/mol. The van der Waals surface area contributed by atoms with E-state index in [1.165, 1.54) is 12.1 Å². The zero-order chi connectivity index (χ0) is 16.4. The Morgan fingerprint density at radius 3 is 2.65 bits per heavy atom. The van der Waals surface area contributed by atoms with Crippen LogP contribution in [-0.2, 0) is 11.8 Å². The van der Waals surface area contributed by atoms with Gasteiger partial charge >= 0.3 is 0 Å². The highest BCUT2D eigenvalue weighted by atomic mass is 19.1. The Balaban J connectivity index is 1.65. The topological polar surface area (TPSA) is 76.0 Å². The molecule has 1 aliphatic rings. The predicted molar refractivity (Wildman–Crippen MR) is 82.1 cm³/mol. The predicted octanol–water partition coefficient (Wildman–Crippen LogP) is 1.23. The van der Waals surface area contributed by atoms with Crippen LogP contribution in [0.4, 0.5) is 4.39 Å². The lowest BCUT2D eigenvalue weighted by molar-refractivity contribution is -0.120. The summed E-state index contributed by atoms with van der Waals surface area (Å²) in [5.41, 5.74) is 1.66. The van der Waals surface area contributed by atoms with Crippen molar-refractivity contribution in [2.45, 2.75) is 18.9 Å². The number of halogens is 1. The Morgan fingerprint density at radius 2 is 2.00 bits per heavy atom. The summed E-state index contributed by atoms with van der Waals surface area (Å²) in [5, 5.41) is 9.48. The van der Waals surface area contributed by atoms with Gasteiger partial charge < -0.3 is 10.6 Å². The first kappa shape index (κ1) is 15.2. The molecule has 6 nitrogen and oxygen atoms in total. The van der Waals surface area contributed by atoms with Crippen LogP contribution in [0.25, 0.3) is 11.3 Å². The van der Waals surface area contributed by atoms with Gasteiger partial charge in [0.25, 0.3) is 5.91 Å². The normalized spacial score (nSPS) is 13.7. The van der Waals surface area contributed by atoms with E-state index < -0.39 is 5.91 Å². The quantitative estimate of drug-likeness (QED) is 0.871. The Labute approximate surface area is 132 Å². The molecule has 0 radical (unpaired) electrons. The molecule has 0 spiro atoms. The zero-order valence-electron chi connectivity index (χ0n) is 12.7. The molecule has 2 aromatic rings. The second-order valence-electron chi connectivity index (χ2n) is 5.57. The third-order valence-corrected chi connectivity index (χ3v) is 3.60. The van der Waals surface area contributed by atoms with Gasteiger partial charge in [0.15, 0.2) is 5.69 Å². The maximum Gasteiger partial charge on any atom is 0.272 e. The number of carbonyl (C=O) groups excluding carboxylic acids is 2. The van der Waals surface area contributed by atoms with Gasteiger partial charge in [-0.3, -0.25) is 14.3 Å². The summed E-state index contributed by atoms with van der Waals surface area (Å²) in [4.78, 5) is 23.6. The standard InChI is InChI=1S/C16H17FN4O2/c1-21-14(10-2-4-11(17)5-3-10)8-13(20-21)16(23)18-9-15(22)19-12-6-7-12/h2-5,8,12H,6-7,9H2,1H3,(H,18,23)(H,19,22). The number of hydrogen-bond acceptors (Lipinski definition) is 3. The minimum atomic E-state index is -0.417. The Morgan fingerprint density at radius 1 is 1.30 bits per heavy atom. The van der Waals surface area contributed by atoms with Crippen LogP contribution in [0.5, 0.6) is 0 Å². The largest absolute Gasteiger partial charge is 0.352 e. The maximum absolute atomic E-state index is 13.0. The lowest BCUT2D eigenvalue weighted by Gasteiger charge is -2.03. The molecule has 1 fully saturated rings. The molecule has 0 unspecified atom stereocenters. The van der Waals surface area contributed by atoms with Gasteiger partial charge in [-0.1, -0.05) is 0 Å². The highest BCUT2D eigenvalue weighted by Crippen LogP contribution is 2.20. The van der Waals surface area contributed by atoms with Crippen LogP contribution in [0.2, 0.25) is 0 Å². The van der Waals surface area contributed by atoms with E-state index in [1.54, 1.807) is 29.9 Å². The molecule has 120 valence electrons. The molecule has 1 aliphatic carbocycles. The lowest BCUT2D eigenvalue weighted by atomic mass is 10.1. The average molecular weight is 316 g/mol. The van der Waals surface area contributed by atoms with Crippen molar-refractivity contribution in [3.8, 4) is 11.3 Å². The molecule has 2 amide bonds. The average Bonchev–Trinajstić information content (AvgIpc) is 3.25. The molecule has 23 heavy (non-hydrogen) atoms. The van der Waals surface area contributed by atoms with Crippen molar-refractivity contribution in [3.05, 3.63) is 41.8 Å². The van der Waals surface area contributed by atoms with E-state index in [9.17, 15) is 14.0 Å². The first-order valence-corrected chi connectivity index (χ1v) is 7.40. The highest BCUT2D eigenvalue weighted by molar-refractivity contribution is 5.95. The minimum Gasteiger partial charge on any atom is -0.352 e. The molecule has 7 heteroatoms. The third kappa shape index (κ3) is 3.74. The van der Waals surface area contributed by atoms with Crippen molar-refractivity contribution in [3.63, 3.8) is 0 Å². The van der Waals surface area contributed by atoms with E-state index in [-0.39, 0.29) is 30.0 Å². The first-order valence-electron chi connectivity index (χ1n) is 7.40. The lowest BCUT2D eigenvalue weighted by Crippen LogP contribution is -2.38. The van der Waals surface area contributed by atoms with Gasteiger partial charge in [0.1, 0.15) is 5.82 Å². The van der Waals surface area contributed by atoms with Crippen molar-refractivity contribution in [1.29, 1.82) is 0 Å². The second kappa shape index (κ2) is 6.20. The van der Waals surface area contributed by atoms with Gasteiger partial charge in [-0.15, -0.1) is 0 Å². The number of rotatable bonds is 5. The number of nitrogens with one attached hydrogen (secondary N) is 2. The summed E-state index contributed by atoms with van der Waals surface area (Å²) in [5.74, 6) is -0.939. The van der Waals surface area contributed by atoms with Gasteiger partial charge in [-0.2, -0.15) is 5.10 Å². The fourth-order valence-electron chi connectivity index (χ4n) is 2.23. The smallest absolute Gasteiger partial charge is 0.272 e. The molecule has 0 aliphatic heterocycles. The highest BCUT2D eigenvalue weighted by Gasteiger charge is 2.23. The molecule has 0 atom stereocenters. The second-order valence-corrected chi connectivity index (χ2v) is 5.57. The summed E-state index contributed by atoms with van der Waals surface area (Å²) in [6, 6.07) is 7.82. The first-order chi connectivity index (χ1) is 11.0. The molecule has 1 aromatic heterocycles. The van der Waals surface area contributed by atoms with E-state index in [2.05, 4.69) is 15.7 Å². The van der Waals surface area contributed by atoms with Crippen LogP contribution >= 0.6 is 0 Å². The van der Waals surface area contributed by atoms with Crippen molar-refractivity contribution < 1.29 is 14.0 Å². The molecule has 2 N–H and O–H groups in total. The summed E-state index contributed by atoms with van der Waals surface area (Å²) in [6.07, 6.45) is 2.00. The molecule has 0 bridgehead atoms. The number of hydrogen-bond donors (Lipinski definition) is 2. The molecule has 0 saturated heterocycles. The van der Waals surface area contributed by atoms with Crippen molar-refractivity contribution in [2.75, 3.05) is 6.54 Å². The van der Waals surface area contributed by atoms with Gasteiger partial charge in [0.2, 0.25) is 5.91 Å². The number of amides is 2. The third-order valence-electron chi connectivity index (χ3n) is 3.60. The monoisotopic (exact) mass is 316 g/mol. The van der Waals surface area contributed by atoms with Crippen LogP contribution in [0.15, 0.2) is 30.3 Å². The summed E-state index contributed by atoms with van der Waals surface area (Å²) in [7, 11) is 1.70. The van der Waals surface area contributed by atoms with E-state index >= 15 is 0 Å². The fourth-order valence-corrected chi connectivity index (χ4v) is 2.23. The van der Waals surface area contributed by atoms with Crippen LogP contribution in [-0.4, -0.2) is 34.2 Å². The summed E-state index contributed by atoms with van der Waals surface area (Å²) >= 11 is 0. The van der Waals surface area contributed by atoms with E-state index in [4.69, 9.17) is 0 Å². The minimum absolute atomic E-state index is 0.0716. The number of aromatic nitrogens is 2. The summed E-state index contributed by atoms with van der Waals surface area (Å²) in [6.45, 7) is -0.0716. The Kier molecular flexibility index (Phi) is 4.10. The van der Waals surface area contributed by atoms with E-state index in [0.717, 1.165) is 18.4 Å². The van der Waals surface area contributed by atoms with Crippen molar-refractivity contribution in [1.82, 2.24) is 20.4 Å². The van der Waals surface area contributed by atoms with Crippen LogP contribution in [0.1, 0.15) is 23.3 Å². The number of nitrogens with zero attached hydrogens (tertiary/aromatic N) is 2. The molecule has 1 saturated carbocycles. The fraction of sp³-hybridized carbons (Fsp3) is 0.312. The van der Waals surface area contributed by atoms with Crippen molar-refractivity contribution >= 4 is 11.8 Å². The van der Waals surface area contributed by atoms with Gasteiger partial charge in [0.05, 0.1) is 12.2 Å². The van der Waals surface area contributed by atoms with E-state index in [1.807, 2.05) is 0 Å². The van der Waals surface area contributed by atoms with E-state index in [0.29, 0.717) is 5.69 Å². The van der Waals surface area contributed by atoms with Crippen LogP contribution in [0.3, 0.4) is 0 Å². The maximum atomic E-state index is 13.0. The SMILES string of the molecule is Cn1nc(C(=O)NCC(=O)NC2CC2)cc1-c1ccc(F)cc1. The number of benzene rings is 1. The van der Waals surface area contributed by atoms with Crippen molar-refractivity contribution in [2.24, 2.45) is 7.05 Å².